The number of imidazole rings is 1. The monoisotopic (exact) mass is 617 g/mol. The molecule has 44 heavy (non-hydrogen) atoms. The molecule has 2 amide bonds. The molecular formula is C34H64N8O2. The number of H-pyrrole nitrogens is 1. The molecule has 1 aromatic rings. The van der Waals surface area contributed by atoms with Crippen LogP contribution in [0, 0.1) is 0 Å². The Morgan fingerprint density at radius 1 is 0.818 bits per heavy atom. The molecule has 0 radical (unpaired) electrons. The van der Waals surface area contributed by atoms with Crippen LogP contribution in [0.1, 0.15) is 103 Å². The number of carbonyl (C=O) groups excluding carboxylic acids is 2. The summed E-state index contributed by atoms with van der Waals surface area (Å²) in [5, 5.41) is 16.3. The van der Waals surface area contributed by atoms with E-state index in [1.54, 1.807) is 12.5 Å². The topological polar surface area (TPSA) is 126 Å². The number of nitrogens with zero attached hydrogens (tertiary/aromatic N) is 2. The molecule has 252 valence electrons. The molecule has 1 aliphatic rings. The summed E-state index contributed by atoms with van der Waals surface area (Å²) in [7, 11) is 0. The maximum absolute atomic E-state index is 13.1. The fourth-order valence-corrected chi connectivity index (χ4v) is 5.45. The lowest BCUT2D eigenvalue weighted by Crippen LogP contribution is -2.52. The average Bonchev–Trinajstić information content (AvgIpc) is 3.53. The molecule has 1 fully saturated rings. The lowest BCUT2D eigenvalue weighted by molar-refractivity contribution is -0.129. The maximum Gasteiger partial charge on any atom is 0.242 e. The molecule has 0 saturated carbocycles. The normalized spacial score (nSPS) is 16.3. The second kappa shape index (κ2) is 27.1. The molecule has 10 heteroatoms. The van der Waals surface area contributed by atoms with Crippen molar-refractivity contribution in [1.82, 2.24) is 41.5 Å². The van der Waals surface area contributed by atoms with Gasteiger partial charge >= 0.3 is 0 Å². The number of aromatic amines is 1. The van der Waals surface area contributed by atoms with Crippen molar-refractivity contribution in [3.05, 3.63) is 30.4 Å². The Morgan fingerprint density at radius 2 is 1.39 bits per heavy atom. The van der Waals surface area contributed by atoms with Crippen LogP contribution in [0.5, 0.6) is 0 Å². The van der Waals surface area contributed by atoms with Gasteiger partial charge in [0, 0.05) is 77.2 Å². The smallest absolute Gasteiger partial charge is 0.242 e. The molecule has 1 atom stereocenters. The van der Waals surface area contributed by atoms with Gasteiger partial charge in [0.15, 0.2) is 0 Å². The van der Waals surface area contributed by atoms with Gasteiger partial charge in [0.05, 0.1) is 12.9 Å². The van der Waals surface area contributed by atoms with Crippen LogP contribution in [-0.2, 0) is 16.0 Å². The summed E-state index contributed by atoms with van der Waals surface area (Å²) >= 11 is 0. The molecule has 0 unspecified atom stereocenters. The van der Waals surface area contributed by atoms with Crippen LogP contribution in [0.4, 0.5) is 0 Å². The Morgan fingerprint density at radius 3 is 1.98 bits per heavy atom. The first kappa shape index (κ1) is 37.9. The van der Waals surface area contributed by atoms with Crippen molar-refractivity contribution in [2.75, 3.05) is 65.4 Å². The first-order chi connectivity index (χ1) is 21.7. The lowest BCUT2D eigenvalue weighted by Gasteiger charge is -2.25. The molecule has 0 aliphatic carbocycles. The highest BCUT2D eigenvalue weighted by Gasteiger charge is 2.22. The van der Waals surface area contributed by atoms with Crippen molar-refractivity contribution in [2.45, 2.75) is 109 Å². The first-order valence-corrected chi connectivity index (χ1v) is 17.7. The molecule has 0 bridgehead atoms. The second-order valence-electron chi connectivity index (χ2n) is 12.2. The summed E-state index contributed by atoms with van der Waals surface area (Å²) in [6.07, 6.45) is 26.1. The van der Waals surface area contributed by atoms with Crippen molar-refractivity contribution in [3.63, 3.8) is 0 Å². The number of allylic oxidation sites excluding steroid dienone is 2. The molecule has 1 aromatic heterocycles. The third-order valence-corrected chi connectivity index (χ3v) is 8.15. The van der Waals surface area contributed by atoms with Gasteiger partial charge in [-0.15, -0.1) is 0 Å². The van der Waals surface area contributed by atoms with Crippen molar-refractivity contribution in [3.8, 4) is 0 Å². The van der Waals surface area contributed by atoms with Crippen LogP contribution in [0.2, 0.25) is 0 Å². The molecule has 1 aliphatic heterocycles. The van der Waals surface area contributed by atoms with E-state index in [2.05, 4.69) is 60.5 Å². The first-order valence-electron chi connectivity index (χ1n) is 17.7. The zero-order valence-electron chi connectivity index (χ0n) is 27.8. The summed E-state index contributed by atoms with van der Waals surface area (Å²) in [5.74, 6) is -0.263. The number of hydrogen-bond acceptors (Lipinski definition) is 7. The highest BCUT2D eigenvalue weighted by Crippen LogP contribution is 2.10. The number of nitrogens with one attached hydrogen (secondary N) is 6. The quantitative estimate of drug-likeness (QED) is 0.0867. The van der Waals surface area contributed by atoms with E-state index < -0.39 is 6.04 Å². The molecule has 0 aromatic carbocycles. The van der Waals surface area contributed by atoms with Crippen molar-refractivity contribution < 1.29 is 9.59 Å². The minimum absolute atomic E-state index is 0.129. The van der Waals surface area contributed by atoms with Crippen molar-refractivity contribution in [1.29, 1.82) is 0 Å². The predicted molar refractivity (Wildman–Crippen MR) is 182 cm³/mol. The molecule has 1 saturated heterocycles. The van der Waals surface area contributed by atoms with E-state index in [0.717, 1.165) is 70.9 Å². The lowest BCUT2D eigenvalue weighted by atomic mass is 10.1. The van der Waals surface area contributed by atoms with Gasteiger partial charge in [-0.1, -0.05) is 76.9 Å². The zero-order chi connectivity index (χ0) is 31.3. The van der Waals surface area contributed by atoms with Gasteiger partial charge in [-0.05, 0) is 32.1 Å². The minimum Gasteiger partial charge on any atom is -0.354 e. The van der Waals surface area contributed by atoms with Gasteiger partial charge in [-0.2, -0.15) is 0 Å². The molecule has 2 heterocycles. The number of carbonyl (C=O) groups is 2. The van der Waals surface area contributed by atoms with Crippen LogP contribution < -0.4 is 26.6 Å². The molecule has 6 N–H and O–H groups in total. The SMILES string of the molecule is CCCCCCCC/C=C\CCCCCCCCNC(=O)[C@H](Cc1cnc[nH]1)NC(=O)CN1CCNCCNCCNCC1. The highest BCUT2D eigenvalue weighted by molar-refractivity contribution is 5.88. The van der Waals surface area contributed by atoms with Gasteiger partial charge in [0.2, 0.25) is 11.8 Å². The van der Waals surface area contributed by atoms with E-state index in [0.29, 0.717) is 13.0 Å². The summed E-state index contributed by atoms with van der Waals surface area (Å²) in [6, 6.07) is -0.633. The Kier molecular flexibility index (Phi) is 23.3. The molecular weight excluding hydrogens is 552 g/mol. The van der Waals surface area contributed by atoms with Crippen molar-refractivity contribution in [2.24, 2.45) is 0 Å². The van der Waals surface area contributed by atoms with Gasteiger partial charge in [-0.25, -0.2) is 4.98 Å². The Balaban J connectivity index is 1.60. The van der Waals surface area contributed by atoms with E-state index in [1.807, 2.05) is 0 Å². The third kappa shape index (κ3) is 20.6. The molecule has 2 rings (SSSR count). The summed E-state index contributed by atoms with van der Waals surface area (Å²) in [6.45, 7) is 10.1. The van der Waals surface area contributed by atoms with Crippen LogP contribution in [-0.4, -0.2) is 98.2 Å². The van der Waals surface area contributed by atoms with Gasteiger partial charge in [0.25, 0.3) is 0 Å². The fourth-order valence-electron chi connectivity index (χ4n) is 5.45. The number of rotatable bonds is 22. The van der Waals surface area contributed by atoms with E-state index >= 15 is 0 Å². The molecule has 0 spiro atoms. The number of unbranched alkanes of at least 4 members (excludes halogenated alkanes) is 12. The standard InChI is InChI=1S/C34H64N8O2/c1-2-3-4-5-6-7-8-9-10-11-12-13-14-15-16-17-18-39-34(44)32(27-31-28-38-30-40-31)41-33(43)29-42-25-23-36-21-19-35-20-22-37-24-26-42/h9-10,28,30,32,35-37H,2-8,11-27,29H2,1H3,(H,38,40)(H,39,44)(H,41,43)/b10-9-/t32-/m0/s1. The van der Waals surface area contributed by atoms with E-state index in [9.17, 15) is 9.59 Å². The van der Waals surface area contributed by atoms with E-state index in [1.165, 1.54) is 77.0 Å². The van der Waals surface area contributed by atoms with Gasteiger partial charge < -0.3 is 31.6 Å². The minimum atomic E-state index is -0.633. The van der Waals surface area contributed by atoms with Crippen LogP contribution in [0.15, 0.2) is 24.7 Å². The summed E-state index contributed by atoms with van der Waals surface area (Å²) < 4.78 is 0. The summed E-state index contributed by atoms with van der Waals surface area (Å²) in [5.41, 5.74) is 0.830. The van der Waals surface area contributed by atoms with Gasteiger partial charge in [0.1, 0.15) is 6.04 Å². The predicted octanol–water partition coefficient (Wildman–Crippen LogP) is 3.68. The second-order valence-corrected chi connectivity index (χ2v) is 12.2. The van der Waals surface area contributed by atoms with Crippen LogP contribution in [0.3, 0.4) is 0 Å². The average molecular weight is 617 g/mol. The fraction of sp³-hybridized carbons (Fsp3) is 0.794. The largest absolute Gasteiger partial charge is 0.354 e. The number of amides is 2. The zero-order valence-corrected chi connectivity index (χ0v) is 27.8. The van der Waals surface area contributed by atoms with Crippen LogP contribution >= 0.6 is 0 Å². The Hall–Kier alpha value is -2.27. The number of aromatic nitrogens is 2. The Bertz CT molecular complexity index is 836. The van der Waals surface area contributed by atoms with Gasteiger partial charge in [-0.3, -0.25) is 14.5 Å². The summed E-state index contributed by atoms with van der Waals surface area (Å²) in [4.78, 5) is 35.4. The highest BCUT2D eigenvalue weighted by atomic mass is 16.2. The third-order valence-electron chi connectivity index (χ3n) is 8.15. The molecule has 10 nitrogen and oxygen atoms in total. The maximum atomic E-state index is 13.1. The Labute approximate surface area is 267 Å². The van der Waals surface area contributed by atoms with Crippen molar-refractivity contribution >= 4 is 11.8 Å². The van der Waals surface area contributed by atoms with E-state index in [4.69, 9.17) is 0 Å². The number of hydrogen-bond donors (Lipinski definition) is 6. The van der Waals surface area contributed by atoms with Crippen LogP contribution in [0.25, 0.3) is 0 Å². The van der Waals surface area contributed by atoms with E-state index in [-0.39, 0.29) is 18.4 Å².